The van der Waals surface area contributed by atoms with Crippen LogP contribution in [0.1, 0.15) is 18.2 Å². The normalized spacial score (nSPS) is 12.9. The van der Waals surface area contributed by atoms with Gasteiger partial charge in [-0.15, -0.1) is 11.3 Å². The van der Waals surface area contributed by atoms with E-state index in [9.17, 15) is 0 Å². The van der Waals surface area contributed by atoms with Gasteiger partial charge in [0.1, 0.15) is 0 Å². The second kappa shape index (κ2) is 4.98. The average molecular weight is 265 g/mol. The number of thiophene rings is 1. The lowest BCUT2D eigenvalue weighted by Crippen LogP contribution is -1.99. The fraction of sp³-hybridized carbons (Fsp3) is 0.556. The molecule has 1 heterocycles. The van der Waals surface area contributed by atoms with Crippen molar-refractivity contribution in [3.8, 4) is 5.06 Å². The van der Waals surface area contributed by atoms with Gasteiger partial charge < -0.3 is 9.84 Å². The number of aryl methyl sites for hydroxylation is 1. The Kier molecular flexibility index (Phi) is 4.22. The predicted octanol–water partition coefficient (Wildman–Crippen LogP) is 2.83. The topological polar surface area (TPSA) is 29.5 Å². The molecule has 0 saturated heterocycles. The summed E-state index contributed by atoms with van der Waals surface area (Å²) in [7, 11) is 1.66. The first-order chi connectivity index (χ1) is 6.13. The van der Waals surface area contributed by atoms with Crippen LogP contribution in [0.2, 0.25) is 0 Å². The number of aliphatic hydroxyl groups excluding tert-OH is 1. The Balaban J connectivity index is 2.57. The van der Waals surface area contributed by atoms with Crippen LogP contribution in [-0.2, 0) is 6.42 Å². The van der Waals surface area contributed by atoms with Gasteiger partial charge >= 0.3 is 0 Å². The Labute approximate surface area is 90.7 Å². The van der Waals surface area contributed by atoms with Crippen molar-refractivity contribution >= 4 is 27.3 Å². The molecule has 0 spiro atoms. The number of methoxy groups -OCH3 is 1. The summed E-state index contributed by atoms with van der Waals surface area (Å²) < 4.78 is 6.14. The van der Waals surface area contributed by atoms with Crippen LogP contribution in [0.25, 0.3) is 0 Å². The molecule has 0 bridgehead atoms. The number of ether oxygens (including phenoxy) is 1. The summed E-state index contributed by atoms with van der Waals surface area (Å²) >= 11 is 5.03. The predicted molar refractivity (Wildman–Crippen MR) is 58.6 cm³/mol. The van der Waals surface area contributed by atoms with Gasteiger partial charge in [-0.1, -0.05) is 0 Å². The van der Waals surface area contributed by atoms with Gasteiger partial charge in [0, 0.05) is 4.88 Å². The standard InChI is InChI=1S/C9H13BrO2S/c1-6(11)3-4-7-5-8(10)9(12-2)13-7/h5-6,11H,3-4H2,1-2H3/t6-/m0/s1. The maximum atomic E-state index is 9.11. The molecular weight excluding hydrogens is 252 g/mol. The van der Waals surface area contributed by atoms with Crippen LogP contribution in [0, 0.1) is 0 Å². The summed E-state index contributed by atoms with van der Waals surface area (Å²) in [6.45, 7) is 1.81. The molecule has 1 aromatic heterocycles. The van der Waals surface area contributed by atoms with Gasteiger partial charge in [-0.3, -0.25) is 0 Å². The largest absolute Gasteiger partial charge is 0.486 e. The number of halogens is 1. The van der Waals surface area contributed by atoms with Crippen molar-refractivity contribution in [2.45, 2.75) is 25.9 Å². The first-order valence-corrected chi connectivity index (χ1v) is 5.74. The zero-order valence-electron chi connectivity index (χ0n) is 7.71. The minimum atomic E-state index is -0.230. The van der Waals surface area contributed by atoms with Gasteiger partial charge in [0.2, 0.25) is 0 Å². The highest BCUT2D eigenvalue weighted by atomic mass is 79.9. The lowest BCUT2D eigenvalue weighted by atomic mass is 10.2. The number of hydrogen-bond donors (Lipinski definition) is 1. The van der Waals surface area contributed by atoms with Gasteiger partial charge in [-0.2, -0.15) is 0 Å². The first-order valence-electron chi connectivity index (χ1n) is 4.13. The maximum absolute atomic E-state index is 9.11. The van der Waals surface area contributed by atoms with Crippen LogP contribution in [-0.4, -0.2) is 18.3 Å². The monoisotopic (exact) mass is 264 g/mol. The maximum Gasteiger partial charge on any atom is 0.188 e. The summed E-state index contributed by atoms with van der Waals surface area (Å²) in [5, 5.41) is 10.0. The molecule has 1 atom stereocenters. The van der Waals surface area contributed by atoms with Crippen molar-refractivity contribution in [3.63, 3.8) is 0 Å². The molecule has 0 aliphatic carbocycles. The van der Waals surface area contributed by atoms with Gasteiger partial charge in [0.25, 0.3) is 0 Å². The smallest absolute Gasteiger partial charge is 0.188 e. The second-order valence-corrected chi connectivity index (χ2v) is 4.89. The van der Waals surface area contributed by atoms with E-state index in [1.807, 2.05) is 6.07 Å². The molecule has 74 valence electrons. The molecular formula is C9H13BrO2S. The van der Waals surface area contributed by atoms with E-state index in [4.69, 9.17) is 9.84 Å². The lowest BCUT2D eigenvalue weighted by molar-refractivity contribution is 0.185. The highest BCUT2D eigenvalue weighted by molar-refractivity contribution is 9.10. The summed E-state index contributed by atoms with van der Waals surface area (Å²) in [6, 6.07) is 2.05. The highest BCUT2D eigenvalue weighted by Gasteiger charge is 2.07. The van der Waals surface area contributed by atoms with E-state index < -0.39 is 0 Å². The molecule has 1 rings (SSSR count). The van der Waals surface area contributed by atoms with Crippen LogP contribution in [0.5, 0.6) is 5.06 Å². The summed E-state index contributed by atoms with van der Waals surface area (Å²) in [6.07, 6.45) is 1.48. The molecule has 0 aromatic carbocycles. The fourth-order valence-corrected chi connectivity index (χ4v) is 2.72. The van der Waals surface area contributed by atoms with E-state index in [1.54, 1.807) is 25.4 Å². The lowest BCUT2D eigenvalue weighted by Gasteiger charge is -2.00. The van der Waals surface area contributed by atoms with E-state index >= 15 is 0 Å². The molecule has 0 aliphatic heterocycles. The van der Waals surface area contributed by atoms with Crippen molar-refractivity contribution in [3.05, 3.63) is 15.4 Å². The first kappa shape index (κ1) is 11.0. The third kappa shape index (κ3) is 3.29. The average Bonchev–Trinajstić information content (AvgIpc) is 2.43. The molecule has 0 unspecified atom stereocenters. The molecule has 13 heavy (non-hydrogen) atoms. The van der Waals surface area contributed by atoms with Crippen LogP contribution in [0.15, 0.2) is 10.5 Å². The van der Waals surface area contributed by atoms with Crippen LogP contribution in [0.3, 0.4) is 0 Å². The highest BCUT2D eigenvalue weighted by Crippen LogP contribution is 2.35. The molecule has 4 heteroatoms. The fourth-order valence-electron chi connectivity index (χ4n) is 1.01. The van der Waals surface area contributed by atoms with Crippen molar-refractivity contribution < 1.29 is 9.84 Å². The summed E-state index contributed by atoms with van der Waals surface area (Å²) in [5.74, 6) is 0. The number of rotatable bonds is 4. The molecule has 0 aliphatic rings. The molecule has 0 radical (unpaired) electrons. The van der Waals surface area contributed by atoms with Crippen molar-refractivity contribution in [1.82, 2.24) is 0 Å². The van der Waals surface area contributed by atoms with Gasteiger partial charge in [0.05, 0.1) is 17.7 Å². The molecule has 0 amide bonds. The Hall–Kier alpha value is -0.0600. The SMILES string of the molecule is COc1sc(CC[C@H](C)O)cc1Br. The van der Waals surface area contributed by atoms with E-state index in [-0.39, 0.29) is 6.10 Å². The van der Waals surface area contributed by atoms with Crippen LogP contribution < -0.4 is 4.74 Å². The quantitative estimate of drug-likeness (QED) is 0.907. The zero-order chi connectivity index (χ0) is 9.84. The van der Waals surface area contributed by atoms with Crippen molar-refractivity contribution in [2.75, 3.05) is 7.11 Å². The minimum Gasteiger partial charge on any atom is -0.486 e. The molecule has 1 aromatic rings. The summed E-state index contributed by atoms with van der Waals surface area (Å²) in [5.41, 5.74) is 0. The molecule has 0 saturated carbocycles. The van der Waals surface area contributed by atoms with Crippen molar-refractivity contribution in [1.29, 1.82) is 0 Å². The van der Waals surface area contributed by atoms with Crippen LogP contribution in [0.4, 0.5) is 0 Å². The van der Waals surface area contributed by atoms with Crippen molar-refractivity contribution in [2.24, 2.45) is 0 Å². The van der Waals surface area contributed by atoms with E-state index in [2.05, 4.69) is 15.9 Å². The number of aliphatic hydroxyl groups is 1. The third-order valence-electron chi connectivity index (χ3n) is 1.70. The van der Waals surface area contributed by atoms with Gasteiger partial charge in [-0.25, -0.2) is 0 Å². The van der Waals surface area contributed by atoms with Crippen LogP contribution >= 0.6 is 27.3 Å². The Morgan fingerprint density at radius 1 is 1.69 bits per heavy atom. The zero-order valence-corrected chi connectivity index (χ0v) is 10.1. The molecule has 2 nitrogen and oxygen atoms in total. The Bertz CT molecular complexity index is 271. The number of hydrogen-bond acceptors (Lipinski definition) is 3. The summed E-state index contributed by atoms with van der Waals surface area (Å²) in [4.78, 5) is 1.24. The van der Waals surface area contributed by atoms with E-state index in [0.717, 1.165) is 22.4 Å². The van der Waals surface area contributed by atoms with E-state index in [0.29, 0.717) is 0 Å². The van der Waals surface area contributed by atoms with Gasteiger partial charge in [0.15, 0.2) is 5.06 Å². The van der Waals surface area contributed by atoms with Gasteiger partial charge in [-0.05, 0) is 41.8 Å². The second-order valence-electron chi connectivity index (χ2n) is 2.94. The molecule has 1 N–H and O–H groups in total. The Morgan fingerprint density at radius 3 is 2.85 bits per heavy atom. The minimum absolute atomic E-state index is 0.230. The molecule has 0 fully saturated rings. The van der Waals surface area contributed by atoms with E-state index in [1.165, 1.54) is 4.88 Å². The Morgan fingerprint density at radius 2 is 2.38 bits per heavy atom. The third-order valence-corrected chi connectivity index (χ3v) is 3.71.